The minimum atomic E-state index is 0.341. The highest BCUT2D eigenvalue weighted by molar-refractivity contribution is 5.52. The summed E-state index contributed by atoms with van der Waals surface area (Å²) >= 11 is 0. The molecular weight excluding hydrogens is 428 g/mol. The van der Waals surface area contributed by atoms with E-state index in [2.05, 4.69) is 72.6 Å². The zero-order valence-electron chi connectivity index (χ0n) is 21.3. The number of benzene rings is 2. The summed E-state index contributed by atoms with van der Waals surface area (Å²) in [5, 5.41) is 13.8. The van der Waals surface area contributed by atoms with E-state index in [-0.39, 0.29) is 0 Å². The largest absolute Gasteiger partial charge is 0.508 e. The fourth-order valence-electron chi connectivity index (χ4n) is 7.29. The number of hydrogen-bond donors (Lipinski definition) is 2. The smallest absolute Gasteiger partial charge is 0.115 e. The third kappa shape index (κ3) is 4.44. The Kier molecular flexibility index (Phi) is 6.00. The fraction of sp³-hybridized carbons (Fsp3) is 0.500. The molecule has 2 heterocycles. The molecule has 4 unspecified atom stereocenters. The summed E-state index contributed by atoms with van der Waals surface area (Å²) in [6, 6.07) is 16.2. The van der Waals surface area contributed by atoms with Gasteiger partial charge in [0.1, 0.15) is 5.75 Å². The van der Waals surface area contributed by atoms with Crippen molar-refractivity contribution in [3.8, 4) is 5.75 Å². The maximum atomic E-state index is 10.1. The zero-order chi connectivity index (χ0) is 24.0. The van der Waals surface area contributed by atoms with Gasteiger partial charge in [0.2, 0.25) is 0 Å². The lowest BCUT2D eigenvalue weighted by Gasteiger charge is -2.40. The van der Waals surface area contributed by atoms with Crippen LogP contribution in [0.25, 0.3) is 0 Å². The Bertz CT molecular complexity index is 1120. The molecule has 3 nitrogen and oxygen atoms in total. The lowest BCUT2D eigenvalue weighted by Crippen LogP contribution is -2.41. The Hall–Kier alpha value is -2.52. The topological polar surface area (TPSA) is 35.5 Å². The Morgan fingerprint density at radius 2 is 1.83 bits per heavy atom. The molecule has 2 N–H and O–H groups in total. The molecule has 1 spiro atoms. The van der Waals surface area contributed by atoms with E-state index in [1.807, 2.05) is 12.1 Å². The number of phenolic OH excluding ortho intramolecular Hbond substituents is 1. The molecule has 184 valence electrons. The number of fused-ring (bicyclic) bond motifs is 1. The van der Waals surface area contributed by atoms with E-state index in [1.165, 1.54) is 53.8 Å². The zero-order valence-corrected chi connectivity index (χ0v) is 21.3. The number of hydrogen-bond acceptors (Lipinski definition) is 3. The first-order valence-electron chi connectivity index (χ1n) is 13.8. The van der Waals surface area contributed by atoms with Gasteiger partial charge in [-0.1, -0.05) is 43.4 Å². The van der Waals surface area contributed by atoms with E-state index in [0.717, 1.165) is 32.4 Å². The Morgan fingerprint density at radius 1 is 1.03 bits per heavy atom. The number of nitrogens with zero attached hydrogens (tertiary/aromatic N) is 1. The van der Waals surface area contributed by atoms with Gasteiger partial charge in [0, 0.05) is 37.3 Å². The molecule has 0 amide bonds. The van der Waals surface area contributed by atoms with Crippen molar-refractivity contribution >= 4 is 5.69 Å². The van der Waals surface area contributed by atoms with Gasteiger partial charge in [-0.15, -0.1) is 0 Å². The van der Waals surface area contributed by atoms with Gasteiger partial charge in [0.25, 0.3) is 0 Å². The van der Waals surface area contributed by atoms with Crippen molar-refractivity contribution in [2.24, 2.45) is 17.3 Å². The first-order chi connectivity index (χ1) is 17.0. The van der Waals surface area contributed by atoms with E-state index in [1.54, 1.807) is 0 Å². The van der Waals surface area contributed by atoms with Crippen molar-refractivity contribution in [3.63, 3.8) is 0 Å². The minimum Gasteiger partial charge on any atom is -0.508 e. The van der Waals surface area contributed by atoms with Crippen LogP contribution in [-0.2, 0) is 6.42 Å². The molecule has 2 aromatic rings. The van der Waals surface area contributed by atoms with E-state index in [9.17, 15) is 5.11 Å². The third-order valence-corrected chi connectivity index (χ3v) is 9.37. The van der Waals surface area contributed by atoms with Gasteiger partial charge >= 0.3 is 0 Å². The highest BCUT2D eigenvalue weighted by atomic mass is 16.3. The number of piperidine rings is 1. The predicted octanol–water partition coefficient (Wildman–Crippen LogP) is 6.58. The molecule has 4 aliphatic rings. The van der Waals surface area contributed by atoms with Gasteiger partial charge in [0.05, 0.1) is 0 Å². The van der Waals surface area contributed by atoms with Gasteiger partial charge in [-0.3, -0.25) is 0 Å². The average molecular weight is 469 g/mol. The van der Waals surface area contributed by atoms with E-state index >= 15 is 0 Å². The fourth-order valence-corrected chi connectivity index (χ4v) is 7.29. The van der Waals surface area contributed by atoms with Crippen LogP contribution in [0.5, 0.6) is 5.75 Å². The van der Waals surface area contributed by atoms with E-state index in [4.69, 9.17) is 0 Å². The maximum absolute atomic E-state index is 10.1. The summed E-state index contributed by atoms with van der Waals surface area (Å²) in [5.74, 6) is 1.86. The number of aryl methyl sites for hydroxylation is 1. The molecule has 2 aromatic carbocycles. The van der Waals surface area contributed by atoms with Crippen LogP contribution in [0.4, 0.5) is 5.69 Å². The van der Waals surface area contributed by atoms with Crippen molar-refractivity contribution in [1.29, 1.82) is 0 Å². The van der Waals surface area contributed by atoms with Crippen molar-refractivity contribution in [2.45, 2.75) is 64.3 Å². The molecule has 6 rings (SSSR count). The molecule has 2 aliphatic carbocycles. The van der Waals surface area contributed by atoms with Gasteiger partial charge < -0.3 is 15.3 Å². The van der Waals surface area contributed by atoms with Crippen molar-refractivity contribution in [3.05, 3.63) is 83.0 Å². The van der Waals surface area contributed by atoms with Crippen molar-refractivity contribution in [2.75, 3.05) is 24.5 Å². The van der Waals surface area contributed by atoms with Gasteiger partial charge in [-0.05, 0) is 109 Å². The van der Waals surface area contributed by atoms with E-state index in [0.29, 0.717) is 35.0 Å². The van der Waals surface area contributed by atoms with Crippen LogP contribution in [0.1, 0.15) is 68.6 Å². The molecule has 0 bridgehead atoms. The summed E-state index contributed by atoms with van der Waals surface area (Å²) in [4.78, 5) is 2.59. The van der Waals surface area contributed by atoms with Crippen LogP contribution in [0.15, 0.2) is 66.3 Å². The van der Waals surface area contributed by atoms with Crippen LogP contribution in [0.2, 0.25) is 0 Å². The molecular formula is C32H40N2O. The number of aromatic hydroxyl groups is 1. The second-order valence-corrected chi connectivity index (χ2v) is 11.8. The molecule has 0 radical (unpaired) electrons. The summed E-state index contributed by atoms with van der Waals surface area (Å²) in [6.45, 7) is 8.15. The molecule has 2 saturated heterocycles. The Balaban J connectivity index is 1.26. The number of nitrogens with one attached hydrogen (secondary N) is 1. The first kappa shape index (κ1) is 22.9. The highest BCUT2D eigenvalue weighted by Gasteiger charge is 2.40. The van der Waals surface area contributed by atoms with Crippen LogP contribution >= 0.6 is 0 Å². The molecule has 2 aliphatic heterocycles. The summed E-state index contributed by atoms with van der Waals surface area (Å²) in [6.07, 6.45) is 14.5. The average Bonchev–Trinajstić information content (AvgIpc) is 3.24. The quantitative estimate of drug-likeness (QED) is 0.534. The molecule has 35 heavy (non-hydrogen) atoms. The number of allylic oxidation sites excluding steroid dienone is 4. The Morgan fingerprint density at radius 3 is 2.51 bits per heavy atom. The lowest BCUT2D eigenvalue weighted by atomic mass is 9.68. The van der Waals surface area contributed by atoms with Gasteiger partial charge in [-0.25, -0.2) is 0 Å². The molecule has 3 heteroatoms. The highest BCUT2D eigenvalue weighted by Crippen LogP contribution is 2.47. The lowest BCUT2D eigenvalue weighted by molar-refractivity contribution is 0.243. The summed E-state index contributed by atoms with van der Waals surface area (Å²) in [5.41, 5.74) is 7.50. The Labute approximate surface area is 210 Å². The first-order valence-corrected chi connectivity index (χ1v) is 13.8. The maximum Gasteiger partial charge on any atom is 0.115 e. The van der Waals surface area contributed by atoms with Crippen LogP contribution in [0.3, 0.4) is 0 Å². The number of rotatable bonds is 3. The molecule has 2 fully saturated rings. The van der Waals surface area contributed by atoms with Crippen molar-refractivity contribution in [1.82, 2.24) is 5.32 Å². The molecule has 0 aromatic heterocycles. The normalized spacial score (nSPS) is 29.8. The van der Waals surface area contributed by atoms with Gasteiger partial charge in [-0.2, -0.15) is 0 Å². The minimum absolute atomic E-state index is 0.341. The standard InChI is InChI=1S/C32H40N2O/c1-22-3-5-24(6-4-22)29-13-9-26-19-28(35)12-14-30(26)31(29)25-7-10-27(11-8-25)34-17-15-32(16-18-34)20-23(2)33-21-32/h3,5-8,10-12,14,19,22-23,29,31,33,35H,4,9,13,15-18,20-21H2,1-2H3. The van der Waals surface area contributed by atoms with Crippen LogP contribution in [0, 0.1) is 17.3 Å². The molecule has 0 saturated carbocycles. The third-order valence-electron chi connectivity index (χ3n) is 9.37. The number of phenols is 1. The van der Waals surface area contributed by atoms with Crippen LogP contribution < -0.4 is 10.2 Å². The van der Waals surface area contributed by atoms with E-state index < -0.39 is 0 Å². The van der Waals surface area contributed by atoms with Gasteiger partial charge in [0.15, 0.2) is 0 Å². The predicted molar refractivity (Wildman–Crippen MR) is 145 cm³/mol. The number of anilines is 1. The second-order valence-electron chi connectivity index (χ2n) is 11.8. The molecule has 4 atom stereocenters. The second kappa shape index (κ2) is 9.17. The van der Waals surface area contributed by atoms with Crippen molar-refractivity contribution < 1.29 is 5.11 Å². The SMILES string of the molecule is CC1C=CC(C2CCc3cc(O)ccc3C2c2ccc(N3CCC4(CC3)CNC(C)C4)cc2)=CC1. The summed E-state index contributed by atoms with van der Waals surface area (Å²) in [7, 11) is 0. The monoisotopic (exact) mass is 468 g/mol. The summed E-state index contributed by atoms with van der Waals surface area (Å²) < 4.78 is 0. The van der Waals surface area contributed by atoms with Crippen LogP contribution in [-0.4, -0.2) is 30.8 Å².